The molecule has 152 valence electrons. The lowest BCUT2D eigenvalue weighted by molar-refractivity contribution is -0.384. The third-order valence-electron chi connectivity index (χ3n) is 4.32. The molecule has 0 saturated carbocycles. The zero-order valence-corrected chi connectivity index (χ0v) is 16.5. The molecular formula is C18H21F2N3O4S. The van der Waals surface area contributed by atoms with Crippen molar-refractivity contribution in [3.63, 3.8) is 0 Å². The summed E-state index contributed by atoms with van der Waals surface area (Å²) in [6, 6.07) is 6.31. The van der Waals surface area contributed by atoms with E-state index in [1.54, 1.807) is 20.8 Å². The van der Waals surface area contributed by atoms with Gasteiger partial charge < -0.3 is 5.32 Å². The molecule has 0 spiro atoms. The minimum absolute atomic E-state index is 0.0701. The highest BCUT2D eigenvalue weighted by Crippen LogP contribution is 2.32. The van der Waals surface area contributed by atoms with Crippen molar-refractivity contribution >= 4 is 21.4 Å². The van der Waals surface area contributed by atoms with Gasteiger partial charge in [0.05, 0.1) is 9.82 Å². The van der Waals surface area contributed by atoms with Crippen molar-refractivity contribution in [3.8, 4) is 0 Å². The Bertz CT molecular complexity index is 979. The molecule has 28 heavy (non-hydrogen) atoms. The lowest BCUT2D eigenvalue weighted by Gasteiger charge is -2.19. The Morgan fingerprint density at radius 2 is 1.75 bits per heavy atom. The molecular weight excluding hydrogens is 392 g/mol. The SMILES string of the molecule is CCN(CC)S(=O)(=O)c1ccc(N[C@H](C)c2ccc(F)c(F)c2)c([N+](=O)[O-])c1. The van der Waals surface area contributed by atoms with Gasteiger partial charge in [0.15, 0.2) is 11.6 Å². The Morgan fingerprint density at radius 1 is 1.11 bits per heavy atom. The van der Waals surface area contributed by atoms with Gasteiger partial charge in [0.1, 0.15) is 5.69 Å². The van der Waals surface area contributed by atoms with E-state index in [9.17, 15) is 27.3 Å². The van der Waals surface area contributed by atoms with Crippen LogP contribution in [-0.4, -0.2) is 30.7 Å². The number of nitrogens with zero attached hydrogens (tertiary/aromatic N) is 2. The van der Waals surface area contributed by atoms with Gasteiger partial charge in [-0.1, -0.05) is 19.9 Å². The minimum atomic E-state index is -3.86. The summed E-state index contributed by atoms with van der Waals surface area (Å²) in [7, 11) is -3.86. The molecule has 0 aliphatic heterocycles. The maximum absolute atomic E-state index is 13.4. The summed E-state index contributed by atoms with van der Waals surface area (Å²) >= 11 is 0. The first-order valence-corrected chi connectivity index (χ1v) is 10.1. The third kappa shape index (κ3) is 4.45. The van der Waals surface area contributed by atoms with E-state index in [4.69, 9.17) is 0 Å². The van der Waals surface area contributed by atoms with Crippen molar-refractivity contribution in [2.75, 3.05) is 18.4 Å². The van der Waals surface area contributed by atoms with E-state index in [1.807, 2.05) is 0 Å². The molecule has 0 aliphatic rings. The Balaban J connectivity index is 2.40. The maximum atomic E-state index is 13.4. The quantitative estimate of drug-likeness (QED) is 0.520. The smallest absolute Gasteiger partial charge is 0.293 e. The molecule has 0 saturated heterocycles. The topological polar surface area (TPSA) is 92.6 Å². The highest BCUT2D eigenvalue weighted by molar-refractivity contribution is 7.89. The van der Waals surface area contributed by atoms with Gasteiger partial charge in [-0.15, -0.1) is 0 Å². The standard InChI is InChI=1S/C18H21F2N3O4S/c1-4-22(5-2)28(26,27)14-7-9-17(18(11-14)23(24)25)21-12(3)13-6-8-15(19)16(20)10-13/h6-12,21H,4-5H2,1-3H3/t12-/m1/s1. The monoisotopic (exact) mass is 413 g/mol. The molecule has 0 fully saturated rings. The van der Waals surface area contributed by atoms with Crippen molar-refractivity contribution < 1.29 is 22.1 Å². The van der Waals surface area contributed by atoms with Crippen LogP contribution in [0.25, 0.3) is 0 Å². The van der Waals surface area contributed by atoms with Gasteiger partial charge >= 0.3 is 0 Å². The Labute approximate surface area is 162 Å². The summed E-state index contributed by atoms with van der Waals surface area (Å²) in [5.41, 5.74) is 0.0245. The predicted octanol–water partition coefficient (Wildman–Crippen LogP) is 4.08. The summed E-state index contributed by atoms with van der Waals surface area (Å²) in [6.07, 6.45) is 0. The first-order chi connectivity index (χ1) is 13.1. The molecule has 2 rings (SSSR count). The highest BCUT2D eigenvalue weighted by atomic mass is 32.2. The molecule has 0 radical (unpaired) electrons. The second-order valence-electron chi connectivity index (χ2n) is 6.06. The molecule has 0 bridgehead atoms. The van der Waals surface area contributed by atoms with Crippen LogP contribution in [0.3, 0.4) is 0 Å². The summed E-state index contributed by atoms with van der Waals surface area (Å²) in [4.78, 5) is 10.6. The zero-order valence-electron chi connectivity index (χ0n) is 15.6. The van der Waals surface area contributed by atoms with E-state index in [0.29, 0.717) is 5.56 Å². The van der Waals surface area contributed by atoms with E-state index in [1.165, 1.54) is 22.5 Å². The predicted molar refractivity (Wildman–Crippen MR) is 102 cm³/mol. The van der Waals surface area contributed by atoms with Crippen molar-refractivity contribution in [1.29, 1.82) is 0 Å². The number of benzene rings is 2. The van der Waals surface area contributed by atoms with E-state index in [2.05, 4.69) is 5.32 Å². The van der Waals surface area contributed by atoms with Crippen molar-refractivity contribution in [1.82, 2.24) is 4.31 Å². The van der Waals surface area contributed by atoms with Crippen LogP contribution in [0.4, 0.5) is 20.2 Å². The van der Waals surface area contributed by atoms with Crippen molar-refractivity contribution in [2.24, 2.45) is 0 Å². The van der Waals surface area contributed by atoms with Crippen molar-refractivity contribution in [2.45, 2.75) is 31.7 Å². The average molecular weight is 413 g/mol. The molecule has 0 heterocycles. The van der Waals surface area contributed by atoms with Gasteiger partial charge in [0.25, 0.3) is 5.69 Å². The number of sulfonamides is 1. The minimum Gasteiger partial charge on any atom is -0.373 e. The molecule has 1 N–H and O–H groups in total. The maximum Gasteiger partial charge on any atom is 0.293 e. The number of hydrogen-bond acceptors (Lipinski definition) is 5. The molecule has 2 aromatic carbocycles. The fourth-order valence-electron chi connectivity index (χ4n) is 2.76. The fourth-order valence-corrected chi connectivity index (χ4v) is 4.23. The Kier molecular flexibility index (Phi) is 6.68. The zero-order chi connectivity index (χ0) is 21.1. The molecule has 0 unspecified atom stereocenters. The van der Waals surface area contributed by atoms with Crippen molar-refractivity contribution in [3.05, 3.63) is 63.7 Å². The van der Waals surface area contributed by atoms with E-state index in [-0.39, 0.29) is 23.7 Å². The van der Waals surface area contributed by atoms with Gasteiger partial charge in [0.2, 0.25) is 10.0 Å². The third-order valence-corrected chi connectivity index (χ3v) is 6.37. The number of nitrogens with one attached hydrogen (secondary N) is 1. The lowest BCUT2D eigenvalue weighted by Crippen LogP contribution is -2.30. The summed E-state index contributed by atoms with van der Waals surface area (Å²) < 4.78 is 52.9. The van der Waals surface area contributed by atoms with Crippen LogP contribution in [0.15, 0.2) is 41.3 Å². The molecule has 10 heteroatoms. The molecule has 0 amide bonds. The number of hydrogen-bond donors (Lipinski definition) is 1. The summed E-state index contributed by atoms with van der Waals surface area (Å²) in [5.74, 6) is -2.02. The number of nitro groups is 1. The fraction of sp³-hybridized carbons (Fsp3) is 0.333. The second-order valence-corrected chi connectivity index (χ2v) is 8.00. The first kappa shape index (κ1) is 21.7. The van der Waals surface area contributed by atoms with E-state index < -0.39 is 38.3 Å². The largest absolute Gasteiger partial charge is 0.373 e. The van der Waals surface area contributed by atoms with Gasteiger partial charge in [-0.05, 0) is 36.8 Å². The van der Waals surface area contributed by atoms with Gasteiger partial charge in [-0.3, -0.25) is 10.1 Å². The van der Waals surface area contributed by atoms with Gasteiger partial charge in [-0.2, -0.15) is 4.31 Å². The second kappa shape index (κ2) is 8.61. The highest BCUT2D eigenvalue weighted by Gasteiger charge is 2.26. The average Bonchev–Trinajstić information content (AvgIpc) is 2.64. The van der Waals surface area contributed by atoms with Gasteiger partial charge in [-0.25, -0.2) is 17.2 Å². The normalized spacial score (nSPS) is 12.8. The number of anilines is 1. The van der Waals surface area contributed by atoms with Crippen LogP contribution < -0.4 is 5.32 Å². The van der Waals surface area contributed by atoms with Crippen LogP contribution in [0, 0.1) is 21.7 Å². The van der Waals surface area contributed by atoms with E-state index in [0.717, 1.165) is 18.2 Å². The molecule has 0 aliphatic carbocycles. The van der Waals surface area contributed by atoms with E-state index >= 15 is 0 Å². The molecule has 2 aromatic rings. The Morgan fingerprint density at radius 3 is 2.29 bits per heavy atom. The first-order valence-electron chi connectivity index (χ1n) is 8.61. The number of nitro benzene ring substituents is 1. The Hall–Kier alpha value is -2.59. The molecule has 1 atom stereocenters. The van der Waals surface area contributed by atoms with Gasteiger partial charge in [0, 0.05) is 25.2 Å². The summed E-state index contributed by atoms with van der Waals surface area (Å²) in [5, 5.41) is 14.3. The van der Waals surface area contributed by atoms with Crippen LogP contribution in [-0.2, 0) is 10.0 Å². The van der Waals surface area contributed by atoms with Crippen LogP contribution in [0.5, 0.6) is 0 Å². The summed E-state index contributed by atoms with van der Waals surface area (Å²) in [6.45, 7) is 5.44. The molecule has 7 nitrogen and oxygen atoms in total. The molecule has 0 aromatic heterocycles. The lowest BCUT2D eigenvalue weighted by atomic mass is 10.1. The number of halogens is 2. The van der Waals surface area contributed by atoms with Crippen LogP contribution in [0.1, 0.15) is 32.4 Å². The number of rotatable bonds is 8. The van der Waals surface area contributed by atoms with Crippen LogP contribution >= 0.6 is 0 Å². The van der Waals surface area contributed by atoms with Crippen LogP contribution in [0.2, 0.25) is 0 Å².